The average Bonchev–Trinajstić information content (AvgIpc) is 2.00. The lowest BCUT2D eigenvalue weighted by molar-refractivity contribution is -0.161. The highest BCUT2D eigenvalue weighted by Crippen LogP contribution is 2.56. The highest BCUT2D eigenvalue weighted by molar-refractivity contribution is 5.68. The topological polar surface area (TPSA) is 58.6 Å². The molecule has 2 aliphatic carbocycles. The Hall–Kier alpha value is -0.610. The normalized spacial score (nSPS) is 40.4. The molecule has 2 rings (SSSR count). The number of carbonyl (C=O) groups is 1. The summed E-state index contributed by atoms with van der Waals surface area (Å²) in [5.74, 6) is -0.871. The lowest BCUT2D eigenvalue weighted by atomic mass is 9.52. The van der Waals surface area contributed by atoms with E-state index < -0.39 is 5.97 Å². The van der Waals surface area contributed by atoms with Crippen molar-refractivity contribution in [3.63, 3.8) is 0 Å². The maximum atomic E-state index is 10.3. The highest BCUT2D eigenvalue weighted by Gasteiger charge is 2.54. The van der Waals surface area contributed by atoms with E-state index in [1.165, 1.54) is 12.8 Å². The van der Waals surface area contributed by atoms with Gasteiger partial charge in [0.2, 0.25) is 0 Å². The van der Waals surface area contributed by atoms with E-state index in [9.17, 15) is 4.79 Å². The quantitative estimate of drug-likeness (QED) is 0.696. The van der Waals surface area contributed by atoms with E-state index in [2.05, 4.69) is 5.32 Å². The molecule has 1 unspecified atom stereocenters. The van der Waals surface area contributed by atoms with Gasteiger partial charge in [-0.2, -0.15) is 0 Å². The van der Waals surface area contributed by atoms with Gasteiger partial charge in [0, 0.05) is 6.04 Å². The lowest BCUT2D eigenvalue weighted by Crippen LogP contribution is -2.61. The van der Waals surface area contributed by atoms with Crippen LogP contribution in [0.2, 0.25) is 0 Å². The molecule has 0 bridgehead atoms. The molecule has 0 aromatic heterocycles. The van der Waals surface area contributed by atoms with Crippen molar-refractivity contribution in [2.24, 2.45) is 5.41 Å². The van der Waals surface area contributed by atoms with Gasteiger partial charge in [0.05, 0.1) is 6.10 Å². The maximum Gasteiger partial charge on any atom is 0.329 e. The van der Waals surface area contributed by atoms with Gasteiger partial charge in [-0.3, -0.25) is 0 Å². The molecule has 2 N–H and O–H groups in total. The molecule has 4 heteroatoms. The Bertz CT molecular complexity index is 234. The number of carboxylic acid groups (broad SMARTS) is 1. The molecule has 2 saturated carbocycles. The molecular weight excluding hydrogens is 182 g/mol. The molecular formula is C10H17NO3. The monoisotopic (exact) mass is 199 g/mol. The summed E-state index contributed by atoms with van der Waals surface area (Å²) < 4.78 is 5.24. The SMILES string of the molecule is CNC1CCC12CC(OCC(=O)O)C2. The molecule has 14 heavy (non-hydrogen) atoms. The van der Waals surface area contributed by atoms with Crippen LogP contribution < -0.4 is 5.32 Å². The summed E-state index contributed by atoms with van der Waals surface area (Å²) in [6.45, 7) is -0.148. The van der Waals surface area contributed by atoms with Crippen LogP contribution in [0.15, 0.2) is 0 Å². The van der Waals surface area contributed by atoms with E-state index >= 15 is 0 Å². The Morgan fingerprint density at radius 1 is 1.64 bits per heavy atom. The number of rotatable bonds is 4. The van der Waals surface area contributed by atoms with Crippen molar-refractivity contribution >= 4 is 5.97 Å². The van der Waals surface area contributed by atoms with Crippen molar-refractivity contribution in [2.75, 3.05) is 13.7 Å². The van der Waals surface area contributed by atoms with Gasteiger partial charge in [-0.05, 0) is 38.1 Å². The Labute approximate surface area is 83.6 Å². The third-order valence-corrected chi connectivity index (χ3v) is 3.73. The molecule has 0 aromatic rings. The largest absolute Gasteiger partial charge is 0.480 e. The molecule has 0 heterocycles. The van der Waals surface area contributed by atoms with Crippen LogP contribution >= 0.6 is 0 Å². The number of carboxylic acids is 1. The Kier molecular flexibility index (Phi) is 2.49. The van der Waals surface area contributed by atoms with Crippen LogP contribution in [0.4, 0.5) is 0 Å². The molecule has 2 fully saturated rings. The van der Waals surface area contributed by atoms with Gasteiger partial charge in [-0.15, -0.1) is 0 Å². The zero-order valence-electron chi connectivity index (χ0n) is 8.45. The second kappa shape index (κ2) is 3.51. The molecule has 1 atom stereocenters. The first-order valence-corrected chi connectivity index (χ1v) is 5.17. The van der Waals surface area contributed by atoms with Crippen LogP contribution in [-0.2, 0) is 9.53 Å². The first-order chi connectivity index (χ1) is 6.66. The van der Waals surface area contributed by atoms with E-state index in [0.29, 0.717) is 11.5 Å². The third-order valence-electron chi connectivity index (χ3n) is 3.73. The minimum absolute atomic E-state index is 0.148. The second-order valence-electron chi connectivity index (χ2n) is 4.48. The van der Waals surface area contributed by atoms with Crippen LogP contribution in [-0.4, -0.2) is 36.9 Å². The zero-order valence-corrected chi connectivity index (χ0v) is 8.45. The van der Waals surface area contributed by atoms with Crippen molar-refractivity contribution in [2.45, 2.75) is 37.8 Å². The lowest BCUT2D eigenvalue weighted by Gasteiger charge is -2.59. The fourth-order valence-corrected chi connectivity index (χ4v) is 2.79. The summed E-state index contributed by atoms with van der Waals surface area (Å²) in [7, 11) is 2.00. The van der Waals surface area contributed by atoms with Crippen molar-refractivity contribution < 1.29 is 14.6 Å². The number of ether oxygens (including phenoxy) is 1. The predicted octanol–water partition coefficient (Wildman–Crippen LogP) is 0.618. The van der Waals surface area contributed by atoms with Gasteiger partial charge in [0.1, 0.15) is 6.61 Å². The standard InChI is InChI=1S/C10H17NO3/c1-11-8-2-3-10(8)4-7(5-10)14-6-9(12)13/h7-8,11H,2-6H2,1H3,(H,12,13). The first kappa shape index (κ1) is 9.93. The van der Waals surface area contributed by atoms with Crippen LogP contribution in [0.5, 0.6) is 0 Å². The second-order valence-corrected chi connectivity index (χ2v) is 4.48. The van der Waals surface area contributed by atoms with Gasteiger partial charge in [-0.25, -0.2) is 4.79 Å². The van der Waals surface area contributed by atoms with Crippen LogP contribution in [0, 0.1) is 5.41 Å². The third kappa shape index (κ3) is 1.53. The predicted molar refractivity (Wildman–Crippen MR) is 51.1 cm³/mol. The van der Waals surface area contributed by atoms with Gasteiger partial charge in [0.25, 0.3) is 0 Å². The van der Waals surface area contributed by atoms with E-state index in [-0.39, 0.29) is 12.7 Å². The van der Waals surface area contributed by atoms with Gasteiger partial charge >= 0.3 is 5.97 Å². The van der Waals surface area contributed by atoms with E-state index in [0.717, 1.165) is 12.8 Å². The molecule has 2 aliphatic rings. The fourth-order valence-electron chi connectivity index (χ4n) is 2.79. The molecule has 0 amide bonds. The highest BCUT2D eigenvalue weighted by atomic mass is 16.5. The molecule has 0 saturated heterocycles. The summed E-state index contributed by atoms with van der Waals surface area (Å²) >= 11 is 0. The molecule has 0 radical (unpaired) electrons. The smallest absolute Gasteiger partial charge is 0.329 e. The summed E-state index contributed by atoms with van der Waals surface area (Å²) in [4.78, 5) is 10.3. The molecule has 1 spiro atoms. The number of nitrogens with one attached hydrogen (secondary N) is 1. The summed E-state index contributed by atoms with van der Waals surface area (Å²) in [6.07, 6.45) is 4.77. The van der Waals surface area contributed by atoms with E-state index in [4.69, 9.17) is 9.84 Å². The average molecular weight is 199 g/mol. The summed E-state index contributed by atoms with van der Waals surface area (Å²) in [5, 5.41) is 11.8. The van der Waals surface area contributed by atoms with E-state index in [1.54, 1.807) is 0 Å². The van der Waals surface area contributed by atoms with Crippen LogP contribution in [0.1, 0.15) is 25.7 Å². The van der Waals surface area contributed by atoms with Crippen molar-refractivity contribution in [3.05, 3.63) is 0 Å². The molecule has 0 aromatic carbocycles. The van der Waals surface area contributed by atoms with Crippen LogP contribution in [0.3, 0.4) is 0 Å². The zero-order chi connectivity index (χ0) is 10.2. The van der Waals surface area contributed by atoms with Crippen molar-refractivity contribution in [1.82, 2.24) is 5.32 Å². The van der Waals surface area contributed by atoms with E-state index in [1.807, 2.05) is 7.05 Å². The van der Waals surface area contributed by atoms with Crippen molar-refractivity contribution in [3.8, 4) is 0 Å². The fraction of sp³-hybridized carbons (Fsp3) is 0.900. The Morgan fingerprint density at radius 3 is 2.79 bits per heavy atom. The maximum absolute atomic E-state index is 10.3. The molecule has 0 aliphatic heterocycles. The number of hydrogen-bond donors (Lipinski definition) is 2. The van der Waals surface area contributed by atoms with Crippen LogP contribution in [0.25, 0.3) is 0 Å². The molecule has 80 valence electrons. The van der Waals surface area contributed by atoms with Gasteiger partial charge < -0.3 is 15.2 Å². The molecule has 4 nitrogen and oxygen atoms in total. The van der Waals surface area contributed by atoms with Gasteiger partial charge in [0.15, 0.2) is 0 Å². The Balaban J connectivity index is 1.71. The Morgan fingerprint density at radius 2 is 2.36 bits per heavy atom. The number of hydrogen-bond acceptors (Lipinski definition) is 3. The van der Waals surface area contributed by atoms with Crippen molar-refractivity contribution in [1.29, 1.82) is 0 Å². The van der Waals surface area contributed by atoms with Gasteiger partial charge in [-0.1, -0.05) is 0 Å². The summed E-state index contributed by atoms with van der Waals surface area (Å²) in [6, 6.07) is 0.632. The summed E-state index contributed by atoms with van der Waals surface area (Å²) in [5.41, 5.74) is 0.442. The minimum atomic E-state index is -0.871. The minimum Gasteiger partial charge on any atom is -0.480 e. The first-order valence-electron chi connectivity index (χ1n) is 5.17. The number of aliphatic carboxylic acids is 1.